The van der Waals surface area contributed by atoms with Gasteiger partial charge in [0.2, 0.25) is 0 Å². The number of carbonyl (C=O) groups is 1. The van der Waals surface area contributed by atoms with Gasteiger partial charge in [-0.05, 0) is 42.7 Å². The minimum atomic E-state index is -0.217. The molecule has 0 aliphatic carbocycles. The van der Waals surface area contributed by atoms with Crippen LogP contribution in [0.2, 0.25) is 0 Å². The standard InChI is InChI=1S/C19H21N3O2S/c1-4-12-5-7-14(8-6-12)22-18(23)17-16(20)15-13(10-24-3)9-11(2)21-19(15)25-17/h5-9H,4,10,20H2,1-3H3,(H,22,23). The van der Waals surface area contributed by atoms with Gasteiger partial charge < -0.3 is 15.8 Å². The molecule has 0 fully saturated rings. The second-order valence-corrected chi connectivity index (χ2v) is 6.88. The third kappa shape index (κ3) is 3.50. The van der Waals surface area contributed by atoms with Gasteiger partial charge in [0.25, 0.3) is 5.91 Å². The number of hydrogen-bond acceptors (Lipinski definition) is 5. The Balaban J connectivity index is 1.95. The minimum Gasteiger partial charge on any atom is -0.397 e. The third-order valence-electron chi connectivity index (χ3n) is 4.03. The van der Waals surface area contributed by atoms with Crippen molar-refractivity contribution in [3.63, 3.8) is 0 Å². The molecule has 2 heterocycles. The van der Waals surface area contributed by atoms with E-state index in [-0.39, 0.29) is 5.91 Å². The molecule has 25 heavy (non-hydrogen) atoms. The van der Waals surface area contributed by atoms with Crippen LogP contribution in [-0.4, -0.2) is 18.0 Å². The molecule has 6 heteroatoms. The predicted octanol–water partition coefficient (Wildman–Crippen LogP) is 4.15. The predicted molar refractivity (Wildman–Crippen MR) is 103 cm³/mol. The summed E-state index contributed by atoms with van der Waals surface area (Å²) >= 11 is 1.31. The van der Waals surface area contributed by atoms with Crippen LogP contribution < -0.4 is 11.1 Å². The molecule has 2 aromatic heterocycles. The maximum absolute atomic E-state index is 12.7. The quantitative estimate of drug-likeness (QED) is 0.721. The molecule has 0 unspecified atom stereocenters. The van der Waals surface area contributed by atoms with Gasteiger partial charge in [-0.3, -0.25) is 4.79 Å². The van der Waals surface area contributed by atoms with E-state index in [1.165, 1.54) is 16.9 Å². The van der Waals surface area contributed by atoms with E-state index in [1.54, 1.807) is 7.11 Å². The lowest BCUT2D eigenvalue weighted by molar-refractivity contribution is 0.103. The van der Waals surface area contributed by atoms with Crippen LogP contribution in [0.15, 0.2) is 30.3 Å². The Bertz CT molecular complexity index is 917. The van der Waals surface area contributed by atoms with Crippen LogP contribution in [0.5, 0.6) is 0 Å². The lowest BCUT2D eigenvalue weighted by Gasteiger charge is -2.06. The molecule has 3 N–H and O–H groups in total. The average molecular weight is 355 g/mol. The topological polar surface area (TPSA) is 77.2 Å². The number of aromatic nitrogens is 1. The highest BCUT2D eigenvalue weighted by molar-refractivity contribution is 7.21. The van der Waals surface area contributed by atoms with Gasteiger partial charge in [0.05, 0.1) is 12.3 Å². The molecular weight excluding hydrogens is 334 g/mol. The maximum atomic E-state index is 12.7. The first kappa shape index (κ1) is 17.4. The normalized spacial score (nSPS) is 11.0. The maximum Gasteiger partial charge on any atom is 0.267 e. The molecule has 0 atom stereocenters. The molecule has 0 aliphatic heterocycles. The molecule has 0 aliphatic rings. The number of nitrogens with two attached hydrogens (primary N) is 1. The van der Waals surface area contributed by atoms with Crippen molar-refractivity contribution in [3.8, 4) is 0 Å². The van der Waals surface area contributed by atoms with E-state index in [1.807, 2.05) is 37.3 Å². The molecule has 0 saturated heterocycles. The fourth-order valence-corrected chi connectivity index (χ4v) is 3.87. The van der Waals surface area contributed by atoms with E-state index in [0.29, 0.717) is 17.2 Å². The fraction of sp³-hybridized carbons (Fsp3) is 0.263. The Hall–Kier alpha value is -2.44. The van der Waals surface area contributed by atoms with Crippen LogP contribution in [0.25, 0.3) is 10.2 Å². The lowest BCUT2D eigenvalue weighted by atomic mass is 10.1. The summed E-state index contributed by atoms with van der Waals surface area (Å²) in [6.07, 6.45) is 0.963. The van der Waals surface area contributed by atoms with Gasteiger partial charge in [-0.2, -0.15) is 0 Å². The van der Waals surface area contributed by atoms with E-state index >= 15 is 0 Å². The Labute approximate surface area is 150 Å². The van der Waals surface area contributed by atoms with Crippen molar-refractivity contribution in [2.45, 2.75) is 26.9 Å². The number of carbonyl (C=O) groups excluding carboxylic acids is 1. The number of benzene rings is 1. The molecular formula is C19H21N3O2S. The Morgan fingerprint density at radius 2 is 2.04 bits per heavy atom. The number of methoxy groups -OCH3 is 1. The molecule has 1 amide bonds. The molecule has 0 bridgehead atoms. The number of amides is 1. The number of anilines is 2. The summed E-state index contributed by atoms with van der Waals surface area (Å²) in [4.78, 5) is 18.4. The highest BCUT2D eigenvalue weighted by Crippen LogP contribution is 2.36. The lowest BCUT2D eigenvalue weighted by Crippen LogP contribution is -2.12. The van der Waals surface area contributed by atoms with Gasteiger partial charge in [-0.1, -0.05) is 19.1 Å². The minimum absolute atomic E-state index is 0.217. The summed E-state index contributed by atoms with van der Waals surface area (Å²) in [7, 11) is 1.64. The van der Waals surface area contributed by atoms with E-state index in [9.17, 15) is 4.79 Å². The molecule has 0 saturated carbocycles. The van der Waals surface area contributed by atoms with E-state index in [2.05, 4.69) is 17.2 Å². The zero-order valence-electron chi connectivity index (χ0n) is 14.6. The zero-order chi connectivity index (χ0) is 18.0. The number of nitrogens with zero attached hydrogens (tertiary/aromatic N) is 1. The Kier molecular flexibility index (Phi) is 5.01. The summed E-state index contributed by atoms with van der Waals surface area (Å²) in [6.45, 7) is 4.45. The smallest absolute Gasteiger partial charge is 0.267 e. The summed E-state index contributed by atoms with van der Waals surface area (Å²) in [6, 6.07) is 9.76. The number of nitrogen functional groups attached to an aromatic ring is 1. The van der Waals surface area contributed by atoms with Gasteiger partial charge in [-0.25, -0.2) is 4.98 Å². The van der Waals surface area contributed by atoms with Gasteiger partial charge >= 0.3 is 0 Å². The van der Waals surface area contributed by atoms with Crippen molar-refractivity contribution >= 4 is 38.8 Å². The highest BCUT2D eigenvalue weighted by Gasteiger charge is 2.20. The number of aryl methyl sites for hydroxylation is 2. The molecule has 0 spiro atoms. The number of hydrogen-bond donors (Lipinski definition) is 2. The number of nitrogens with one attached hydrogen (secondary N) is 1. The van der Waals surface area contributed by atoms with Crippen LogP contribution in [0, 0.1) is 6.92 Å². The zero-order valence-corrected chi connectivity index (χ0v) is 15.4. The molecule has 3 rings (SSSR count). The Morgan fingerprint density at radius 3 is 2.68 bits per heavy atom. The van der Waals surface area contributed by atoms with Gasteiger partial charge in [0.1, 0.15) is 9.71 Å². The second kappa shape index (κ2) is 7.21. The van der Waals surface area contributed by atoms with Crippen LogP contribution in [0.3, 0.4) is 0 Å². The summed E-state index contributed by atoms with van der Waals surface area (Å²) in [5.41, 5.74) is 10.5. The molecule has 3 aromatic rings. The molecule has 130 valence electrons. The summed E-state index contributed by atoms with van der Waals surface area (Å²) in [5.74, 6) is -0.217. The fourth-order valence-electron chi connectivity index (χ4n) is 2.79. The van der Waals surface area contributed by atoms with Crippen molar-refractivity contribution in [3.05, 3.63) is 52.0 Å². The number of thiophene rings is 1. The van der Waals surface area contributed by atoms with Crippen LogP contribution in [0.4, 0.5) is 11.4 Å². The van der Waals surface area contributed by atoms with E-state index in [4.69, 9.17) is 10.5 Å². The largest absolute Gasteiger partial charge is 0.397 e. The Morgan fingerprint density at radius 1 is 1.32 bits per heavy atom. The van der Waals surface area contributed by atoms with E-state index in [0.717, 1.165) is 33.6 Å². The first-order valence-corrected chi connectivity index (χ1v) is 8.92. The summed E-state index contributed by atoms with van der Waals surface area (Å²) in [5, 5.41) is 3.72. The van der Waals surface area contributed by atoms with Crippen molar-refractivity contribution in [1.82, 2.24) is 4.98 Å². The van der Waals surface area contributed by atoms with Crippen LogP contribution in [0.1, 0.15) is 33.4 Å². The molecule has 1 aromatic carbocycles. The van der Waals surface area contributed by atoms with E-state index < -0.39 is 0 Å². The SMILES string of the molecule is CCc1ccc(NC(=O)c2sc3nc(C)cc(COC)c3c2N)cc1. The number of fused-ring (bicyclic) bond motifs is 1. The van der Waals surface area contributed by atoms with Gasteiger partial charge in [-0.15, -0.1) is 11.3 Å². The van der Waals surface area contributed by atoms with Crippen molar-refractivity contribution in [2.24, 2.45) is 0 Å². The first-order chi connectivity index (χ1) is 12.0. The van der Waals surface area contributed by atoms with Crippen molar-refractivity contribution < 1.29 is 9.53 Å². The van der Waals surface area contributed by atoms with Crippen LogP contribution >= 0.6 is 11.3 Å². The van der Waals surface area contributed by atoms with Gasteiger partial charge in [0, 0.05) is 23.9 Å². The third-order valence-corrected chi connectivity index (χ3v) is 5.13. The van der Waals surface area contributed by atoms with Crippen LogP contribution in [-0.2, 0) is 17.8 Å². The number of rotatable bonds is 5. The summed E-state index contributed by atoms with van der Waals surface area (Å²) < 4.78 is 5.25. The second-order valence-electron chi connectivity index (χ2n) is 5.89. The number of ether oxygens (including phenoxy) is 1. The molecule has 0 radical (unpaired) electrons. The first-order valence-electron chi connectivity index (χ1n) is 8.11. The number of pyridine rings is 1. The van der Waals surface area contributed by atoms with Crippen molar-refractivity contribution in [1.29, 1.82) is 0 Å². The van der Waals surface area contributed by atoms with Gasteiger partial charge in [0.15, 0.2) is 0 Å². The monoisotopic (exact) mass is 355 g/mol. The molecule has 5 nitrogen and oxygen atoms in total. The van der Waals surface area contributed by atoms with Crippen molar-refractivity contribution in [2.75, 3.05) is 18.2 Å². The average Bonchev–Trinajstić information content (AvgIpc) is 2.92. The highest BCUT2D eigenvalue weighted by atomic mass is 32.1.